The standard InChI is InChI=1S/C15H16ClNO6/c1-15(2,18)8-5-7(17-23-8)9-10(16)12(20-4)14-13(11(9)19-3)21-6-22-14/h5,18H,6H2,1-4H3. The number of aromatic nitrogens is 1. The summed E-state index contributed by atoms with van der Waals surface area (Å²) in [6.45, 7) is 3.22. The Balaban J connectivity index is 2.25. The van der Waals surface area contributed by atoms with E-state index >= 15 is 0 Å². The SMILES string of the molecule is COc1c(Cl)c(-c2cc(C(C)(C)O)on2)c(OC)c2c1OCO2. The molecule has 0 atom stereocenters. The summed E-state index contributed by atoms with van der Waals surface area (Å²) in [4.78, 5) is 0. The van der Waals surface area contributed by atoms with Crippen LogP contribution in [-0.4, -0.2) is 31.3 Å². The second-order valence-electron chi connectivity index (χ2n) is 5.46. The highest BCUT2D eigenvalue weighted by atomic mass is 35.5. The Morgan fingerprint density at radius 3 is 2.30 bits per heavy atom. The van der Waals surface area contributed by atoms with Gasteiger partial charge in [-0.2, -0.15) is 0 Å². The third-order valence-corrected chi connectivity index (χ3v) is 3.81. The van der Waals surface area contributed by atoms with E-state index in [0.29, 0.717) is 40.0 Å². The van der Waals surface area contributed by atoms with Gasteiger partial charge in [0.05, 0.1) is 19.8 Å². The molecule has 0 spiro atoms. The van der Waals surface area contributed by atoms with Gasteiger partial charge in [0.1, 0.15) is 16.3 Å². The number of nitrogens with zero attached hydrogens (tertiary/aromatic N) is 1. The van der Waals surface area contributed by atoms with Gasteiger partial charge in [-0.25, -0.2) is 0 Å². The van der Waals surface area contributed by atoms with E-state index in [1.54, 1.807) is 19.9 Å². The summed E-state index contributed by atoms with van der Waals surface area (Å²) in [5.74, 6) is 1.74. The summed E-state index contributed by atoms with van der Waals surface area (Å²) in [5, 5.41) is 14.3. The van der Waals surface area contributed by atoms with Crippen LogP contribution in [0.4, 0.5) is 0 Å². The molecule has 0 saturated carbocycles. The molecule has 8 heteroatoms. The Bertz CT molecular complexity index is 749. The summed E-state index contributed by atoms with van der Waals surface area (Å²) in [5.41, 5.74) is -0.346. The quantitative estimate of drug-likeness (QED) is 0.915. The number of halogens is 1. The first-order chi connectivity index (χ1) is 10.9. The molecule has 1 aliphatic rings. The van der Waals surface area contributed by atoms with Gasteiger partial charge in [0, 0.05) is 6.07 Å². The summed E-state index contributed by atoms with van der Waals surface area (Å²) >= 11 is 6.45. The summed E-state index contributed by atoms with van der Waals surface area (Å²) in [6, 6.07) is 1.59. The summed E-state index contributed by atoms with van der Waals surface area (Å²) in [6.07, 6.45) is 0. The number of aliphatic hydroxyl groups is 1. The van der Waals surface area contributed by atoms with Crippen molar-refractivity contribution in [2.45, 2.75) is 19.4 Å². The fraction of sp³-hybridized carbons (Fsp3) is 0.400. The normalized spacial score (nSPS) is 13.3. The number of hydrogen-bond donors (Lipinski definition) is 1. The molecule has 2 aromatic rings. The Morgan fingerprint density at radius 2 is 1.78 bits per heavy atom. The van der Waals surface area contributed by atoms with Gasteiger partial charge in [0.15, 0.2) is 17.3 Å². The van der Waals surface area contributed by atoms with Crippen LogP contribution in [0, 0.1) is 0 Å². The van der Waals surface area contributed by atoms with Crippen LogP contribution in [0.25, 0.3) is 11.3 Å². The molecule has 2 heterocycles. The molecule has 1 N–H and O–H groups in total. The van der Waals surface area contributed by atoms with E-state index < -0.39 is 5.60 Å². The Labute approximate surface area is 137 Å². The topological polar surface area (TPSA) is 83.2 Å². The first kappa shape index (κ1) is 15.8. The van der Waals surface area contributed by atoms with Crippen molar-refractivity contribution in [1.82, 2.24) is 5.16 Å². The monoisotopic (exact) mass is 341 g/mol. The van der Waals surface area contributed by atoms with Gasteiger partial charge in [0.2, 0.25) is 18.3 Å². The average molecular weight is 342 g/mol. The van der Waals surface area contributed by atoms with Gasteiger partial charge in [-0.1, -0.05) is 16.8 Å². The molecule has 0 unspecified atom stereocenters. The molecule has 1 aliphatic heterocycles. The maximum atomic E-state index is 10.0. The zero-order valence-electron chi connectivity index (χ0n) is 13.1. The summed E-state index contributed by atoms with van der Waals surface area (Å²) in [7, 11) is 2.96. The Hall–Kier alpha value is -2.12. The predicted molar refractivity (Wildman–Crippen MR) is 81.4 cm³/mol. The van der Waals surface area contributed by atoms with Crippen molar-refractivity contribution < 1.29 is 28.6 Å². The third kappa shape index (κ3) is 2.46. The van der Waals surface area contributed by atoms with Crippen molar-refractivity contribution in [2.75, 3.05) is 21.0 Å². The maximum Gasteiger partial charge on any atom is 0.231 e. The van der Waals surface area contributed by atoms with E-state index in [1.807, 2.05) is 0 Å². The van der Waals surface area contributed by atoms with Gasteiger partial charge in [-0.05, 0) is 13.8 Å². The van der Waals surface area contributed by atoms with Gasteiger partial charge < -0.3 is 28.6 Å². The fourth-order valence-corrected chi connectivity index (χ4v) is 2.67. The molecular weight excluding hydrogens is 326 g/mol. The Morgan fingerprint density at radius 1 is 1.17 bits per heavy atom. The number of rotatable bonds is 4. The van der Waals surface area contributed by atoms with Crippen molar-refractivity contribution in [2.24, 2.45) is 0 Å². The van der Waals surface area contributed by atoms with Crippen LogP contribution in [0.5, 0.6) is 23.0 Å². The number of benzene rings is 1. The lowest BCUT2D eigenvalue weighted by Crippen LogP contribution is -2.13. The van der Waals surface area contributed by atoms with Crippen LogP contribution in [0.3, 0.4) is 0 Å². The van der Waals surface area contributed by atoms with Crippen LogP contribution < -0.4 is 18.9 Å². The molecule has 23 heavy (non-hydrogen) atoms. The van der Waals surface area contributed by atoms with Crippen LogP contribution in [0.15, 0.2) is 10.6 Å². The second kappa shape index (κ2) is 5.50. The smallest absolute Gasteiger partial charge is 0.231 e. The van der Waals surface area contributed by atoms with E-state index in [0.717, 1.165) is 0 Å². The molecule has 7 nitrogen and oxygen atoms in total. The van der Waals surface area contributed by atoms with E-state index in [1.165, 1.54) is 14.2 Å². The highest BCUT2D eigenvalue weighted by Gasteiger charge is 2.33. The van der Waals surface area contributed by atoms with Crippen molar-refractivity contribution in [3.8, 4) is 34.3 Å². The highest BCUT2D eigenvalue weighted by molar-refractivity contribution is 6.35. The predicted octanol–water partition coefficient (Wildman–Crippen LogP) is 2.97. The van der Waals surface area contributed by atoms with Crippen LogP contribution in [0.2, 0.25) is 5.02 Å². The maximum absolute atomic E-state index is 10.0. The van der Waals surface area contributed by atoms with Gasteiger partial charge in [0.25, 0.3) is 0 Å². The lowest BCUT2D eigenvalue weighted by Gasteiger charge is -2.15. The van der Waals surface area contributed by atoms with Crippen LogP contribution in [0.1, 0.15) is 19.6 Å². The average Bonchev–Trinajstić information content (AvgIpc) is 3.14. The molecule has 0 fully saturated rings. The van der Waals surface area contributed by atoms with Crippen molar-refractivity contribution in [1.29, 1.82) is 0 Å². The molecule has 0 amide bonds. The molecule has 0 saturated heterocycles. The number of fused-ring (bicyclic) bond motifs is 1. The van der Waals surface area contributed by atoms with Crippen molar-refractivity contribution in [3.63, 3.8) is 0 Å². The van der Waals surface area contributed by atoms with Crippen LogP contribution >= 0.6 is 11.6 Å². The minimum absolute atomic E-state index is 0.0373. The third-order valence-electron chi connectivity index (χ3n) is 3.45. The minimum Gasteiger partial charge on any atom is -0.492 e. The van der Waals surface area contributed by atoms with E-state index in [-0.39, 0.29) is 11.8 Å². The van der Waals surface area contributed by atoms with Crippen molar-refractivity contribution in [3.05, 3.63) is 16.8 Å². The summed E-state index contributed by atoms with van der Waals surface area (Å²) < 4.78 is 26.8. The zero-order chi connectivity index (χ0) is 16.8. The molecule has 1 aromatic carbocycles. The second-order valence-corrected chi connectivity index (χ2v) is 5.83. The molecule has 0 bridgehead atoms. The zero-order valence-corrected chi connectivity index (χ0v) is 13.9. The molecule has 3 rings (SSSR count). The number of methoxy groups -OCH3 is 2. The van der Waals surface area contributed by atoms with E-state index in [2.05, 4.69) is 5.16 Å². The first-order valence-electron chi connectivity index (χ1n) is 6.81. The van der Waals surface area contributed by atoms with E-state index in [4.69, 9.17) is 35.1 Å². The number of hydrogen-bond acceptors (Lipinski definition) is 7. The number of ether oxygens (including phenoxy) is 4. The van der Waals surface area contributed by atoms with Gasteiger partial charge in [-0.3, -0.25) is 0 Å². The first-order valence-corrected chi connectivity index (χ1v) is 7.19. The van der Waals surface area contributed by atoms with Crippen molar-refractivity contribution >= 4 is 11.6 Å². The minimum atomic E-state index is -1.18. The molecule has 0 aliphatic carbocycles. The molecule has 0 radical (unpaired) electrons. The Kier molecular flexibility index (Phi) is 3.77. The lowest BCUT2D eigenvalue weighted by molar-refractivity contribution is 0.0476. The highest BCUT2D eigenvalue weighted by Crippen LogP contribution is 2.57. The lowest BCUT2D eigenvalue weighted by atomic mass is 10.0. The molecular formula is C15H16ClNO6. The molecule has 1 aromatic heterocycles. The van der Waals surface area contributed by atoms with Gasteiger partial charge >= 0.3 is 0 Å². The van der Waals surface area contributed by atoms with Crippen LogP contribution in [-0.2, 0) is 5.60 Å². The van der Waals surface area contributed by atoms with Gasteiger partial charge in [-0.15, -0.1) is 0 Å². The van der Waals surface area contributed by atoms with E-state index in [9.17, 15) is 5.11 Å². The fourth-order valence-electron chi connectivity index (χ4n) is 2.33. The largest absolute Gasteiger partial charge is 0.492 e. The molecule has 124 valence electrons.